The van der Waals surface area contributed by atoms with Crippen molar-refractivity contribution >= 4 is 46.2 Å². The first-order valence-electron chi connectivity index (χ1n) is 13.4. The number of carboxylic acids is 1. The maximum absolute atomic E-state index is 14.6. The first-order chi connectivity index (χ1) is 19.6. The third kappa shape index (κ3) is 5.90. The summed E-state index contributed by atoms with van der Waals surface area (Å²) in [5, 5.41) is 12.4. The molecule has 3 heterocycles. The van der Waals surface area contributed by atoms with Crippen molar-refractivity contribution < 1.29 is 33.1 Å². The molecule has 0 radical (unpaired) electrons. The van der Waals surface area contributed by atoms with Gasteiger partial charge in [0.25, 0.3) is 0 Å². The zero-order valence-electron chi connectivity index (χ0n) is 22.1. The van der Waals surface area contributed by atoms with Gasteiger partial charge >= 0.3 is 5.97 Å². The van der Waals surface area contributed by atoms with Gasteiger partial charge in [-0.05, 0) is 24.1 Å². The molecule has 2 unspecified atom stereocenters. The summed E-state index contributed by atoms with van der Waals surface area (Å²) < 4.78 is 30.6. The highest BCUT2D eigenvalue weighted by atomic mass is 35.5. The largest absolute Gasteiger partial charge is 0.481 e. The molecule has 0 aliphatic carbocycles. The maximum atomic E-state index is 14.6. The van der Waals surface area contributed by atoms with Crippen molar-refractivity contribution in [1.82, 2.24) is 19.7 Å². The van der Waals surface area contributed by atoms with Crippen LogP contribution in [0.5, 0.6) is 0 Å². The molecule has 5 rings (SSSR count). The van der Waals surface area contributed by atoms with E-state index in [0.717, 1.165) is 22.2 Å². The second-order valence-corrected chi connectivity index (χ2v) is 10.7. The van der Waals surface area contributed by atoms with E-state index in [9.17, 15) is 28.0 Å². The van der Waals surface area contributed by atoms with Crippen LogP contribution in [0.1, 0.15) is 36.1 Å². The molecule has 2 aromatic carbocycles. The van der Waals surface area contributed by atoms with Gasteiger partial charge in [0.2, 0.25) is 17.7 Å². The minimum absolute atomic E-state index is 0.0809. The van der Waals surface area contributed by atoms with E-state index >= 15 is 0 Å². The van der Waals surface area contributed by atoms with E-state index in [0.29, 0.717) is 13.0 Å². The molecule has 9 nitrogen and oxygen atoms in total. The summed E-state index contributed by atoms with van der Waals surface area (Å²) in [4.78, 5) is 53.1. The van der Waals surface area contributed by atoms with Crippen molar-refractivity contribution in [2.45, 2.75) is 57.5 Å². The van der Waals surface area contributed by atoms with Gasteiger partial charge in [-0.15, -0.1) is 0 Å². The van der Waals surface area contributed by atoms with E-state index in [1.807, 2.05) is 24.3 Å². The smallest absolute Gasteiger partial charge is 0.303 e. The highest BCUT2D eigenvalue weighted by molar-refractivity contribution is 6.30. The number of amides is 3. The third-order valence-corrected chi connectivity index (χ3v) is 8.01. The minimum atomic E-state index is -1.39. The Hall–Kier alpha value is -3.99. The molecule has 2 aliphatic heterocycles. The average molecular weight is 587 g/mol. The molecule has 2 atom stereocenters. The zero-order chi connectivity index (χ0) is 29.3. The van der Waals surface area contributed by atoms with E-state index in [-0.39, 0.29) is 61.9 Å². The van der Waals surface area contributed by atoms with Gasteiger partial charge in [-0.2, -0.15) is 0 Å². The van der Waals surface area contributed by atoms with Crippen LogP contribution in [0.3, 0.4) is 0 Å². The van der Waals surface area contributed by atoms with Crippen molar-refractivity contribution in [1.29, 1.82) is 0 Å². The Kier molecular flexibility index (Phi) is 8.25. The van der Waals surface area contributed by atoms with Gasteiger partial charge in [-0.3, -0.25) is 19.2 Å². The normalized spacial score (nSPS) is 18.4. The Labute approximate surface area is 239 Å². The van der Waals surface area contributed by atoms with Crippen LogP contribution in [-0.4, -0.2) is 68.5 Å². The van der Waals surface area contributed by atoms with Crippen molar-refractivity contribution in [2.24, 2.45) is 0 Å². The summed E-state index contributed by atoms with van der Waals surface area (Å²) in [7, 11) is 0. The molecule has 216 valence electrons. The second-order valence-electron chi connectivity index (χ2n) is 10.3. The number of alkyl halides is 1. The summed E-state index contributed by atoms with van der Waals surface area (Å²) in [5.41, 5.74) is 2.70. The number of rotatable bonds is 8. The number of nitrogens with one attached hydrogen (secondary N) is 1. The fourth-order valence-electron chi connectivity index (χ4n) is 5.68. The fourth-order valence-corrected chi connectivity index (χ4v) is 5.87. The number of hydrogen-bond acceptors (Lipinski definition) is 4. The van der Waals surface area contributed by atoms with E-state index in [1.54, 1.807) is 15.5 Å². The molecule has 1 fully saturated rings. The molecular formula is C29H29ClF2N4O5. The van der Waals surface area contributed by atoms with Crippen molar-refractivity contribution in [2.75, 3.05) is 13.1 Å². The number of nitrogens with zero attached hydrogens (tertiary/aromatic N) is 3. The first-order valence-corrected chi connectivity index (χ1v) is 13.7. The lowest BCUT2D eigenvalue weighted by atomic mass is 10.0. The highest BCUT2D eigenvalue weighted by Crippen LogP contribution is 2.32. The summed E-state index contributed by atoms with van der Waals surface area (Å²) in [6.07, 6.45) is -1.42. The number of carbonyl (C=O) groups is 4. The van der Waals surface area contributed by atoms with Crippen LogP contribution in [0.4, 0.5) is 8.78 Å². The SMILES string of the molecule is O=C(O)CCC(=O)N1CCc2c(n(CC(=O)N3CC(F)CC3C(=O)NCc3cccc(Cl)c3F)c3ccccc23)C1. The number of fused-ring (bicyclic) bond motifs is 3. The van der Waals surface area contributed by atoms with Gasteiger partial charge < -0.3 is 24.8 Å². The molecule has 3 amide bonds. The van der Waals surface area contributed by atoms with Crippen molar-refractivity contribution in [3.8, 4) is 0 Å². The van der Waals surface area contributed by atoms with E-state index in [4.69, 9.17) is 16.7 Å². The zero-order valence-corrected chi connectivity index (χ0v) is 22.9. The van der Waals surface area contributed by atoms with Gasteiger partial charge in [-0.25, -0.2) is 8.78 Å². The topological polar surface area (TPSA) is 112 Å². The number of carbonyl (C=O) groups excluding carboxylic acids is 3. The molecule has 3 aromatic rings. The van der Waals surface area contributed by atoms with Crippen LogP contribution >= 0.6 is 11.6 Å². The maximum Gasteiger partial charge on any atom is 0.303 e. The quantitative estimate of drug-likeness (QED) is 0.420. The molecule has 0 spiro atoms. The lowest BCUT2D eigenvalue weighted by Gasteiger charge is -2.29. The van der Waals surface area contributed by atoms with Gasteiger partial charge in [-0.1, -0.05) is 41.9 Å². The number of likely N-dealkylation sites (tertiary alicyclic amines) is 1. The summed E-state index contributed by atoms with van der Waals surface area (Å²) in [6, 6.07) is 10.9. The fraction of sp³-hybridized carbons (Fsp3) is 0.379. The number of aliphatic carboxylic acids is 1. The number of aromatic nitrogens is 1. The molecule has 1 aromatic heterocycles. The predicted molar refractivity (Wildman–Crippen MR) is 146 cm³/mol. The highest BCUT2D eigenvalue weighted by Gasteiger charge is 2.40. The Bertz CT molecular complexity index is 1530. The predicted octanol–water partition coefficient (Wildman–Crippen LogP) is 3.44. The van der Waals surface area contributed by atoms with Crippen LogP contribution < -0.4 is 5.32 Å². The number of benzene rings is 2. The van der Waals surface area contributed by atoms with E-state index < -0.39 is 35.8 Å². The van der Waals surface area contributed by atoms with Crippen LogP contribution in [0, 0.1) is 5.82 Å². The molecule has 41 heavy (non-hydrogen) atoms. The Balaban J connectivity index is 1.35. The summed E-state index contributed by atoms with van der Waals surface area (Å²) in [6.45, 7) is 0.0490. The monoisotopic (exact) mass is 586 g/mol. The standard InChI is InChI=1S/C29H29ClF2N4O5/c30-21-6-3-4-17(28(21)32)13-33-29(41)23-12-18(31)14-36(23)26(38)16-35-22-7-2-1-5-19(22)20-10-11-34(15-24(20)35)25(37)8-9-27(39)40/h1-7,18,23H,8-16H2,(H,33,41)(H,39,40). The van der Waals surface area contributed by atoms with Crippen LogP contribution in [-0.2, 0) is 45.2 Å². The number of carboxylic acid groups (broad SMARTS) is 1. The molecule has 1 saturated heterocycles. The Morgan fingerprint density at radius 1 is 1.05 bits per heavy atom. The number of para-hydroxylation sites is 1. The van der Waals surface area contributed by atoms with Crippen LogP contribution in [0.15, 0.2) is 42.5 Å². The number of halogens is 3. The minimum Gasteiger partial charge on any atom is -0.481 e. The van der Waals surface area contributed by atoms with Crippen molar-refractivity contribution in [3.63, 3.8) is 0 Å². The van der Waals surface area contributed by atoms with E-state index in [2.05, 4.69) is 5.32 Å². The molecule has 2 aliphatic rings. The first kappa shape index (κ1) is 28.5. The van der Waals surface area contributed by atoms with E-state index in [1.165, 1.54) is 17.0 Å². The molecule has 0 saturated carbocycles. The summed E-state index contributed by atoms with van der Waals surface area (Å²) in [5.74, 6) is -3.04. The third-order valence-electron chi connectivity index (χ3n) is 7.72. The molecular weight excluding hydrogens is 558 g/mol. The molecule has 0 bridgehead atoms. The number of hydrogen-bond donors (Lipinski definition) is 2. The lowest BCUT2D eigenvalue weighted by molar-refractivity contribution is -0.141. The lowest BCUT2D eigenvalue weighted by Crippen LogP contribution is -2.47. The van der Waals surface area contributed by atoms with Crippen LogP contribution in [0.2, 0.25) is 5.02 Å². The van der Waals surface area contributed by atoms with Gasteiger partial charge in [0.05, 0.1) is 24.5 Å². The van der Waals surface area contributed by atoms with Gasteiger partial charge in [0, 0.05) is 48.1 Å². The Morgan fingerprint density at radius 2 is 1.83 bits per heavy atom. The molecule has 12 heteroatoms. The second kappa shape index (κ2) is 11.9. The average Bonchev–Trinajstić information content (AvgIpc) is 3.50. The van der Waals surface area contributed by atoms with Gasteiger partial charge in [0.1, 0.15) is 24.6 Å². The molecule has 2 N–H and O–H groups in total. The Morgan fingerprint density at radius 3 is 2.61 bits per heavy atom. The van der Waals surface area contributed by atoms with Crippen molar-refractivity contribution in [3.05, 3.63) is 70.1 Å². The van der Waals surface area contributed by atoms with Gasteiger partial charge in [0.15, 0.2) is 0 Å². The van der Waals surface area contributed by atoms with Crippen LogP contribution in [0.25, 0.3) is 10.9 Å². The summed E-state index contributed by atoms with van der Waals surface area (Å²) >= 11 is 5.82.